The number of aromatic nitrogens is 2. The van der Waals surface area contributed by atoms with Gasteiger partial charge in [0.05, 0.1) is 18.0 Å². The van der Waals surface area contributed by atoms with Gasteiger partial charge in [0.25, 0.3) is 5.56 Å². The van der Waals surface area contributed by atoms with E-state index in [0.717, 1.165) is 34.2 Å². The molecule has 2 heterocycles. The molecule has 172 valence electrons. The molecule has 0 saturated carbocycles. The van der Waals surface area contributed by atoms with Gasteiger partial charge >= 0.3 is 5.69 Å². The molecule has 1 aliphatic heterocycles. The molecule has 0 unspecified atom stereocenters. The minimum atomic E-state index is -0.687. The second-order valence-corrected chi connectivity index (χ2v) is 9.31. The van der Waals surface area contributed by atoms with Gasteiger partial charge in [-0.1, -0.05) is 55.1 Å². The number of anilines is 2. The molecule has 32 heavy (non-hydrogen) atoms. The predicted molar refractivity (Wildman–Crippen MR) is 132 cm³/mol. The maximum Gasteiger partial charge on any atom is 0.330 e. The monoisotopic (exact) mass is 477 g/mol. The summed E-state index contributed by atoms with van der Waals surface area (Å²) in [5, 5.41) is 0. The summed E-state index contributed by atoms with van der Waals surface area (Å²) in [5.74, 6) is 0.538. The normalized spacial score (nSPS) is 12.9. The third-order valence-electron chi connectivity index (χ3n) is 4.91. The molecule has 1 aromatic heterocycles. The molecule has 0 radical (unpaired) electrons. The van der Waals surface area contributed by atoms with E-state index in [4.69, 9.17) is 10.5 Å². The number of rotatable bonds is 9. The van der Waals surface area contributed by atoms with E-state index in [1.807, 2.05) is 31.2 Å². The number of nitrogens with zero attached hydrogens (tertiary/aromatic N) is 3. The van der Waals surface area contributed by atoms with Crippen LogP contribution in [-0.2, 0) is 21.8 Å². The molecular formula is C21H27N5O4S2. The number of para-hydroxylation sites is 1. The standard InChI is InChI=1S/C21H27N5O4S2/c1-3-4-9-26-18(22)17(19(28)24-20(26)29)25(10-11-30-2)16(27)13-32-21-23-15-8-6-5-7-14(15)12-31-21/h5-8H,3-4,9-13,22H2,1-2H3,(H,24,28,29). The number of methoxy groups -OCH3 is 1. The van der Waals surface area contributed by atoms with Crippen LogP contribution >= 0.6 is 23.5 Å². The van der Waals surface area contributed by atoms with E-state index < -0.39 is 11.2 Å². The Morgan fingerprint density at radius 1 is 1.38 bits per heavy atom. The number of thioether (sulfide) groups is 2. The second kappa shape index (κ2) is 11.4. The van der Waals surface area contributed by atoms with Crippen LogP contribution in [0.1, 0.15) is 25.3 Å². The zero-order valence-corrected chi connectivity index (χ0v) is 19.8. The number of aliphatic imine (C=N–C) groups is 1. The summed E-state index contributed by atoms with van der Waals surface area (Å²) >= 11 is 2.89. The molecule has 1 amide bonds. The van der Waals surface area contributed by atoms with E-state index in [0.29, 0.717) is 6.54 Å². The van der Waals surface area contributed by atoms with Crippen LogP contribution < -0.4 is 21.9 Å². The lowest BCUT2D eigenvalue weighted by Crippen LogP contribution is -2.43. The average molecular weight is 478 g/mol. The summed E-state index contributed by atoms with van der Waals surface area (Å²) in [5.41, 5.74) is 6.97. The number of unbranched alkanes of at least 4 members (excludes halogenated alkanes) is 1. The molecule has 0 atom stereocenters. The van der Waals surface area contributed by atoms with Gasteiger partial charge in [-0.05, 0) is 18.1 Å². The number of fused-ring (bicyclic) bond motifs is 1. The van der Waals surface area contributed by atoms with E-state index in [1.165, 1.54) is 28.3 Å². The van der Waals surface area contributed by atoms with Crippen molar-refractivity contribution in [3.05, 3.63) is 50.7 Å². The Labute approximate surface area is 194 Å². The van der Waals surface area contributed by atoms with Crippen LogP contribution in [-0.4, -0.2) is 45.8 Å². The molecule has 0 saturated heterocycles. The zero-order valence-electron chi connectivity index (χ0n) is 18.1. The minimum absolute atomic E-state index is 0.0139. The van der Waals surface area contributed by atoms with Gasteiger partial charge in [-0.3, -0.25) is 19.1 Å². The molecule has 0 aliphatic carbocycles. The van der Waals surface area contributed by atoms with Crippen molar-refractivity contribution in [1.29, 1.82) is 0 Å². The smallest absolute Gasteiger partial charge is 0.330 e. The fourth-order valence-corrected chi connectivity index (χ4v) is 5.15. The Hall–Kier alpha value is -2.50. The lowest BCUT2D eigenvalue weighted by atomic mass is 10.2. The molecular weight excluding hydrogens is 450 g/mol. The minimum Gasteiger partial charge on any atom is -0.383 e. The Kier molecular flexibility index (Phi) is 8.60. The highest BCUT2D eigenvalue weighted by molar-refractivity contribution is 8.38. The maximum atomic E-state index is 13.1. The Balaban J connectivity index is 1.84. The van der Waals surface area contributed by atoms with Crippen LogP contribution in [0.3, 0.4) is 0 Å². The highest BCUT2D eigenvalue weighted by Crippen LogP contribution is 2.34. The number of carbonyl (C=O) groups is 1. The van der Waals surface area contributed by atoms with Crippen molar-refractivity contribution in [3.8, 4) is 0 Å². The molecule has 1 aromatic carbocycles. The summed E-state index contributed by atoms with van der Waals surface area (Å²) in [6.45, 7) is 2.70. The van der Waals surface area contributed by atoms with Gasteiger partial charge in [0.1, 0.15) is 10.2 Å². The number of benzene rings is 1. The first-order valence-electron chi connectivity index (χ1n) is 10.3. The first-order valence-corrected chi connectivity index (χ1v) is 12.3. The van der Waals surface area contributed by atoms with Gasteiger partial charge < -0.3 is 15.4 Å². The van der Waals surface area contributed by atoms with Crippen molar-refractivity contribution in [2.45, 2.75) is 32.1 Å². The van der Waals surface area contributed by atoms with Crippen LogP contribution in [0.5, 0.6) is 0 Å². The fourth-order valence-electron chi connectivity index (χ4n) is 3.21. The van der Waals surface area contributed by atoms with Crippen molar-refractivity contribution in [2.75, 3.05) is 36.6 Å². The van der Waals surface area contributed by atoms with Gasteiger partial charge in [-0.15, -0.1) is 0 Å². The molecule has 0 spiro atoms. The van der Waals surface area contributed by atoms with E-state index >= 15 is 0 Å². The molecule has 9 nitrogen and oxygen atoms in total. The summed E-state index contributed by atoms with van der Waals surface area (Å²) in [7, 11) is 1.51. The Morgan fingerprint density at radius 2 is 2.16 bits per heavy atom. The predicted octanol–water partition coefficient (Wildman–Crippen LogP) is 2.57. The number of hydrogen-bond donors (Lipinski definition) is 2. The third kappa shape index (κ3) is 5.64. The second-order valence-electron chi connectivity index (χ2n) is 7.12. The topological polar surface area (TPSA) is 123 Å². The largest absolute Gasteiger partial charge is 0.383 e. The van der Waals surface area contributed by atoms with Crippen molar-refractivity contribution in [3.63, 3.8) is 0 Å². The average Bonchev–Trinajstić information content (AvgIpc) is 2.79. The highest BCUT2D eigenvalue weighted by atomic mass is 32.2. The van der Waals surface area contributed by atoms with E-state index in [1.54, 1.807) is 11.8 Å². The summed E-state index contributed by atoms with van der Waals surface area (Å²) < 4.78 is 7.22. The van der Waals surface area contributed by atoms with Crippen molar-refractivity contribution in [1.82, 2.24) is 9.55 Å². The van der Waals surface area contributed by atoms with Crippen LogP contribution in [0.4, 0.5) is 17.2 Å². The van der Waals surface area contributed by atoms with Gasteiger partial charge in [0.2, 0.25) is 5.91 Å². The van der Waals surface area contributed by atoms with Crippen molar-refractivity contribution < 1.29 is 9.53 Å². The number of carbonyl (C=O) groups excluding carboxylic acids is 1. The van der Waals surface area contributed by atoms with E-state index in [-0.39, 0.29) is 36.3 Å². The molecule has 0 bridgehead atoms. The number of hydrogen-bond acceptors (Lipinski definition) is 8. The van der Waals surface area contributed by atoms with E-state index in [2.05, 4.69) is 9.98 Å². The number of nitrogens with two attached hydrogens (primary N) is 1. The lowest BCUT2D eigenvalue weighted by molar-refractivity contribution is -0.116. The van der Waals surface area contributed by atoms with Gasteiger partial charge in [0.15, 0.2) is 5.69 Å². The Morgan fingerprint density at radius 3 is 2.91 bits per heavy atom. The number of nitrogens with one attached hydrogen (secondary N) is 1. The zero-order chi connectivity index (χ0) is 23.1. The SMILES string of the molecule is CCCCn1c(N)c(N(CCOC)C(=O)CSC2=Nc3ccccc3CS2)c(=O)[nH]c1=O. The first kappa shape index (κ1) is 24.1. The quantitative estimate of drug-likeness (QED) is 0.569. The summed E-state index contributed by atoms with van der Waals surface area (Å²) in [6.07, 6.45) is 1.57. The van der Waals surface area contributed by atoms with Gasteiger partial charge in [-0.25, -0.2) is 9.79 Å². The van der Waals surface area contributed by atoms with Crippen LogP contribution in [0.25, 0.3) is 0 Å². The van der Waals surface area contributed by atoms with Gasteiger partial charge in [0, 0.05) is 26.0 Å². The summed E-state index contributed by atoms with van der Waals surface area (Å²) in [4.78, 5) is 46.2. The highest BCUT2D eigenvalue weighted by Gasteiger charge is 2.25. The van der Waals surface area contributed by atoms with Crippen LogP contribution in [0, 0.1) is 0 Å². The summed E-state index contributed by atoms with van der Waals surface area (Å²) in [6, 6.07) is 7.89. The van der Waals surface area contributed by atoms with E-state index in [9.17, 15) is 14.4 Å². The van der Waals surface area contributed by atoms with Crippen LogP contribution in [0.2, 0.25) is 0 Å². The third-order valence-corrected chi connectivity index (χ3v) is 7.14. The fraction of sp³-hybridized carbons (Fsp3) is 0.429. The Bertz CT molecular complexity index is 1110. The molecule has 3 rings (SSSR count). The van der Waals surface area contributed by atoms with Gasteiger partial charge in [-0.2, -0.15) is 0 Å². The maximum absolute atomic E-state index is 13.1. The molecule has 1 aliphatic rings. The lowest BCUT2D eigenvalue weighted by Gasteiger charge is -2.24. The molecule has 11 heteroatoms. The van der Waals surface area contributed by atoms with Crippen molar-refractivity contribution in [2.24, 2.45) is 4.99 Å². The number of aromatic amines is 1. The first-order chi connectivity index (χ1) is 15.5. The molecule has 0 fully saturated rings. The number of nitrogen functional groups attached to an aromatic ring is 1. The number of H-pyrrole nitrogens is 1. The number of amides is 1. The number of ether oxygens (including phenoxy) is 1. The molecule has 2 aromatic rings. The van der Waals surface area contributed by atoms with Crippen LogP contribution in [0.15, 0.2) is 38.8 Å². The molecule has 3 N–H and O–H groups in total. The van der Waals surface area contributed by atoms with Crippen molar-refractivity contribution >= 4 is 51.0 Å².